The lowest BCUT2D eigenvalue weighted by Crippen LogP contribution is -2.36. The fraction of sp³-hybridized carbons (Fsp3) is 0.310. The van der Waals surface area contributed by atoms with Gasteiger partial charge in [-0.05, 0) is 60.2 Å². The van der Waals surface area contributed by atoms with E-state index in [0.717, 1.165) is 17.7 Å². The first-order valence-corrected chi connectivity index (χ1v) is 13.6. The minimum atomic E-state index is -3.08. The fourth-order valence-corrected chi connectivity index (χ4v) is 4.98. The van der Waals surface area contributed by atoms with Crippen molar-refractivity contribution in [3.05, 3.63) is 75.5 Å². The number of halogens is 4. The Morgan fingerprint density at radius 2 is 1.81 bits per heavy atom. The van der Waals surface area contributed by atoms with Crippen LogP contribution >= 0.6 is 23.2 Å². The molecule has 5 rings (SSSR count). The second-order valence-electron chi connectivity index (χ2n) is 9.71. The van der Waals surface area contributed by atoms with E-state index in [9.17, 15) is 23.2 Å². The summed E-state index contributed by atoms with van der Waals surface area (Å²) in [5, 5.41) is 0.434. The lowest BCUT2D eigenvalue weighted by Gasteiger charge is -2.23. The molecule has 0 unspecified atom stereocenters. The molecule has 1 amide bonds. The molecule has 0 N–H and O–H groups in total. The molecule has 1 atom stereocenters. The molecular formula is C29H24Cl2F2N2O7. The average Bonchev–Trinajstić information content (AvgIpc) is 3.76. The molecule has 220 valence electrons. The first-order chi connectivity index (χ1) is 20.1. The Bertz CT molecular complexity index is 1510. The van der Waals surface area contributed by atoms with Crippen LogP contribution in [0.2, 0.25) is 10.0 Å². The molecular weight excluding hydrogens is 597 g/mol. The number of methoxy groups -OCH3 is 1. The highest BCUT2D eigenvalue weighted by Crippen LogP contribution is 2.38. The number of benzene rings is 2. The van der Waals surface area contributed by atoms with Gasteiger partial charge in [0.05, 0.1) is 35.0 Å². The molecule has 3 aromatic rings. The maximum Gasteiger partial charge on any atom is 0.387 e. The van der Waals surface area contributed by atoms with Gasteiger partial charge in [0.25, 0.3) is 11.7 Å². The number of hydrogen-bond donors (Lipinski definition) is 0. The number of nitrogens with zero attached hydrogens (tertiary/aromatic N) is 2. The number of rotatable bonds is 12. The number of ether oxygens (including phenoxy) is 4. The van der Waals surface area contributed by atoms with Crippen molar-refractivity contribution in [1.29, 1.82) is 0 Å². The summed E-state index contributed by atoms with van der Waals surface area (Å²) < 4.78 is 47.5. The first-order valence-electron chi connectivity index (χ1n) is 12.9. The SMILES string of the molecule is COc1ccc2c(c1)C(=O)C(=O)N2CC(=O)O[C@@H](Cc1c(Cl)cncc1Cl)c1ccc(OC(F)F)c(OCC2CC2)c1. The molecule has 9 nitrogen and oxygen atoms in total. The fourth-order valence-electron chi connectivity index (χ4n) is 4.46. The Morgan fingerprint density at radius 1 is 1.07 bits per heavy atom. The van der Waals surface area contributed by atoms with E-state index in [1.54, 1.807) is 6.07 Å². The molecule has 2 aromatic carbocycles. The van der Waals surface area contributed by atoms with Gasteiger partial charge in [-0.15, -0.1) is 0 Å². The van der Waals surface area contributed by atoms with E-state index in [1.807, 2.05) is 0 Å². The molecule has 1 aromatic heterocycles. The number of alkyl halides is 2. The second-order valence-corrected chi connectivity index (χ2v) is 10.5. The number of hydrogen-bond acceptors (Lipinski definition) is 8. The van der Waals surface area contributed by atoms with Crippen LogP contribution in [0.3, 0.4) is 0 Å². The molecule has 0 bridgehead atoms. The standard InChI is InChI=1S/C29H24Cl2F2N2O7/c1-39-17-5-6-22-19(9-17)27(37)28(38)35(22)13-26(36)41-24(10-18-20(30)11-34-12-21(18)31)16-4-7-23(42-29(32)33)25(8-16)40-14-15-2-3-15/h4-9,11-12,15,24,29H,2-3,10,13-14H2,1H3/t24-/m0/s1. The highest BCUT2D eigenvalue weighted by atomic mass is 35.5. The van der Waals surface area contributed by atoms with E-state index >= 15 is 0 Å². The van der Waals surface area contributed by atoms with Gasteiger partial charge in [-0.3, -0.25) is 24.3 Å². The van der Waals surface area contributed by atoms with Gasteiger partial charge in [0.2, 0.25) is 0 Å². The summed E-state index contributed by atoms with van der Waals surface area (Å²) >= 11 is 12.7. The summed E-state index contributed by atoms with van der Waals surface area (Å²) in [6.07, 6.45) is 3.62. The Balaban J connectivity index is 1.44. The van der Waals surface area contributed by atoms with Crippen molar-refractivity contribution in [3.63, 3.8) is 0 Å². The number of fused-ring (bicyclic) bond motifs is 1. The van der Waals surface area contributed by atoms with E-state index in [4.69, 9.17) is 37.4 Å². The topological polar surface area (TPSA) is 104 Å². The molecule has 1 fully saturated rings. The predicted molar refractivity (Wildman–Crippen MR) is 148 cm³/mol. The van der Waals surface area contributed by atoms with Crippen molar-refractivity contribution in [2.75, 3.05) is 25.2 Å². The van der Waals surface area contributed by atoms with E-state index in [1.165, 1.54) is 49.8 Å². The molecule has 0 radical (unpaired) electrons. The molecule has 1 saturated carbocycles. The zero-order valence-corrected chi connectivity index (χ0v) is 23.7. The molecule has 1 aliphatic carbocycles. The Morgan fingerprint density at radius 3 is 2.48 bits per heavy atom. The average molecular weight is 621 g/mol. The zero-order chi connectivity index (χ0) is 30.0. The van der Waals surface area contributed by atoms with Crippen LogP contribution in [0.15, 0.2) is 48.8 Å². The van der Waals surface area contributed by atoms with Crippen molar-refractivity contribution in [2.45, 2.75) is 32.0 Å². The van der Waals surface area contributed by atoms with Gasteiger partial charge in [-0.2, -0.15) is 8.78 Å². The van der Waals surface area contributed by atoms with Crippen LogP contribution in [0, 0.1) is 5.92 Å². The number of esters is 1. The largest absolute Gasteiger partial charge is 0.497 e. The number of carbonyl (C=O) groups is 3. The summed E-state index contributed by atoms with van der Waals surface area (Å²) in [6, 6.07) is 8.69. The number of anilines is 1. The normalized spacial score (nSPS) is 15.0. The van der Waals surface area contributed by atoms with Crippen LogP contribution < -0.4 is 19.1 Å². The lowest BCUT2D eigenvalue weighted by molar-refractivity contribution is -0.148. The van der Waals surface area contributed by atoms with Crippen molar-refractivity contribution in [2.24, 2.45) is 5.92 Å². The van der Waals surface area contributed by atoms with Crippen molar-refractivity contribution in [3.8, 4) is 17.2 Å². The molecule has 0 spiro atoms. The summed E-state index contributed by atoms with van der Waals surface area (Å²) in [5.41, 5.74) is 1.13. The van der Waals surface area contributed by atoms with Crippen molar-refractivity contribution < 1.29 is 42.1 Å². The van der Waals surface area contributed by atoms with Gasteiger partial charge in [-0.25, -0.2) is 0 Å². The van der Waals surface area contributed by atoms with Gasteiger partial charge in [0, 0.05) is 18.8 Å². The van der Waals surface area contributed by atoms with Crippen LogP contribution in [0.25, 0.3) is 0 Å². The second kappa shape index (κ2) is 12.5. The monoisotopic (exact) mass is 620 g/mol. The summed E-state index contributed by atoms with van der Waals surface area (Å²) in [4.78, 5) is 43.5. The van der Waals surface area contributed by atoms with Gasteiger partial charge in [0.15, 0.2) is 11.5 Å². The van der Waals surface area contributed by atoms with Crippen LogP contribution in [0.1, 0.15) is 40.4 Å². The van der Waals surface area contributed by atoms with Gasteiger partial charge in [-0.1, -0.05) is 29.3 Å². The molecule has 13 heteroatoms. The number of pyridine rings is 1. The molecule has 2 aliphatic rings. The first kappa shape index (κ1) is 29.5. The number of Topliss-reactive ketones (excluding diaryl/α,β-unsaturated/α-hetero) is 1. The minimum Gasteiger partial charge on any atom is -0.497 e. The Kier molecular flexibility index (Phi) is 8.79. The van der Waals surface area contributed by atoms with E-state index < -0.39 is 36.9 Å². The van der Waals surface area contributed by atoms with Crippen LogP contribution in [0.4, 0.5) is 14.5 Å². The third-order valence-electron chi connectivity index (χ3n) is 6.81. The molecule has 0 saturated heterocycles. The highest BCUT2D eigenvalue weighted by molar-refractivity contribution is 6.52. The third kappa shape index (κ3) is 6.57. The highest BCUT2D eigenvalue weighted by Gasteiger charge is 2.38. The Hall–Kier alpha value is -3.96. The van der Waals surface area contributed by atoms with Gasteiger partial charge >= 0.3 is 12.6 Å². The summed E-state index contributed by atoms with van der Waals surface area (Å²) in [5.74, 6) is -1.95. The molecule has 2 heterocycles. The van der Waals surface area contributed by atoms with Crippen LogP contribution in [-0.2, 0) is 20.7 Å². The third-order valence-corrected chi connectivity index (χ3v) is 7.46. The summed E-state index contributed by atoms with van der Waals surface area (Å²) in [6.45, 7) is -3.34. The smallest absolute Gasteiger partial charge is 0.387 e. The van der Waals surface area contributed by atoms with Crippen LogP contribution in [-0.4, -0.2) is 49.5 Å². The zero-order valence-electron chi connectivity index (χ0n) is 22.2. The number of amides is 1. The minimum absolute atomic E-state index is 0.0241. The van der Waals surface area contributed by atoms with Crippen molar-refractivity contribution in [1.82, 2.24) is 4.98 Å². The predicted octanol–water partition coefficient (Wildman–Crippen LogP) is 5.84. The Labute approximate surface area is 249 Å². The molecule has 1 aliphatic heterocycles. The van der Waals surface area contributed by atoms with E-state index in [2.05, 4.69) is 9.72 Å². The van der Waals surface area contributed by atoms with E-state index in [-0.39, 0.29) is 39.2 Å². The van der Waals surface area contributed by atoms with E-state index in [0.29, 0.717) is 29.4 Å². The number of ketones is 1. The van der Waals surface area contributed by atoms with Crippen LogP contribution in [0.5, 0.6) is 17.2 Å². The quantitative estimate of drug-likeness (QED) is 0.184. The number of carbonyl (C=O) groups excluding carboxylic acids is 3. The lowest BCUT2D eigenvalue weighted by atomic mass is 10.0. The summed E-state index contributed by atoms with van der Waals surface area (Å²) in [7, 11) is 1.42. The van der Waals surface area contributed by atoms with Gasteiger partial charge < -0.3 is 18.9 Å². The number of aromatic nitrogens is 1. The maximum absolute atomic E-state index is 13.3. The maximum atomic E-state index is 13.3. The molecule has 42 heavy (non-hydrogen) atoms. The van der Waals surface area contributed by atoms with Gasteiger partial charge in [0.1, 0.15) is 18.4 Å². The van der Waals surface area contributed by atoms with Crippen molar-refractivity contribution >= 4 is 46.5 Å².